The molecule has 0 aromatic carbocycles. The van der Waals surface area contributed by atoms with Crippen LogP contribution in [0.4, 0.5) is 0 Å². The number of carbonyl (C=O) groups is 3. The summed E-state index contributed by atoms with van der Waals surface area (Å²) in [7, 11) is 0. The second-order valence-electron chi connectivity index (χ2n) is 5.16. The highest BCUT2D eigenvalue weighted by Crippen LogP contribution is 2.20. The van der Waals surface area contributed by atoms with Crippen LogP contribution in [0.15, 0.2) is 0 Å². The van der Waals surface area contributed by atoms with E-state index in [0.717, 1.165) is 4.90 Å². The summed E-state index contributed by atoms with van der Waals surface area (Å²) in [4.78, 5) is 35.6. The fourth-order valence-electron chi connectivity index (χ4n) is 2.20. The smallest absolute Gasteiger partial charge is 0.326 e. The van der Waals surface area contributed by atoms with Crippen molar-refractivity contribution in [3.63, 3.8) is 0 Å². The van der Waals surface area contributed by atoms with Gasteiger partial charge in [0, 0.05) is 19.9 Å². The van der Waals surface area contributed by atoms with Gasteiger partial charge in [0.15, 0.2) is 0 Å². The van der Waals surface area contributed by atoms with Crippen LogP contribution in [-0.4, -0.2) is 57.6 Å². The van der Waals surface area contributed by atoms with E-state index in [4.69, 9.17) is 5.11 Å². The van der Waals surface area contributed by atoms with E-state index in [0.29, 0.717) is 0 Å². The van der Waals surface area contributed by atoms with Gasteiger partial charge in [-0.2, -0.15) is 0 Å². The third-order valence-corrected chi connectivity index (χ3v) is 3.14. The average Bonchev–Trinajstić information content (AvgIpc) is 2.67. The zero-order valence-corrected chi connectivity index (χ0v) is 11.3. The molecule has 108 valence electrons. The Morgan fingerprint density at radius 3 is 2.32 bits per heavy atom. The first-order chi connectivity index (χ1) is 8.73. The fraction of sp³-hybridized carbons (Fsp3) is 0.750. The second kappa shape index (κ2) is 6.01. The number of aliphatic hydroxyl groups is 1. The topological polar surface area (TPSA) is 107 Å². The third kappa shape index (κ3) is 3.66. The van der Waals surface area contributed by atoms with Crippen molar-refractivity contribution in [2.45, 2.75) is 45.4 Å². The van der Waals surface area contributed by atoms with Gasteiger partial charge < -0.3 is 20.4 Å². The summed E-state index contributed by atoms with van der Waals surface area (Å²) in [5.74, 6) is -2.12. The molecule has 1 aliphatic rings. The van der Waals surface area contributed by atoms with Crippen molar-refractivity contribution in [1.29, 1.82) is 0 Å². The molecule has 3 N–H and O–H groups in total. The number of carboxylic acid groups (broad SMARTS) is 1. The first-order valence-electron chi connectivity index (χ1n) is 6.22. The Morgan fingerprint density at radius 2 is 1.89 bits per heavy atom. The summed E-state index contributed by atoms with van der Waals surface area (Å²) in [5, 5.41) is 21.1. The van der Waals surface area contributed by atoms with Crippen molar-refractivity contribution in [2.24, 2.45) is 5.92 Å². The molecule has 1 rings (SSSR count). The zero-order chi connectivity index (χ0) is 14.7. The number of amides is 2. The number of aliphatic carboxylic acids is 1. The molecule has 1 unspecified atom stereocenters. The molecule has 0 saturated carbocycles. The van der Waals surface area contributed by atoms with Crippen LogP contribution in [0.3, 0.4) is 0 Å². The lowest BCUT2D eigenvalue weighted by molar-refractivity contribution is -0.149. The van der Waals surface area contributed by atoms with Crippen LogP contribution in [0.25, 0.3) is 0 Å². The number of carboxylic acids is 1. The Balaban J connectivity index is 2.89. The average molecular weight is 272 g/mol. The van der Waals surface area contributed by atoms with Crippen LogP contribution >= 0.6 is 0 Å². The van der Waals surface area contributed by atoms with Crippen LogP contribution in [0.1, 0.15) is 27.2 Å². The van der Waals surface area contributed by atoms with Crippen molar-refractivity contribution in [1.82, 2.24) is 10.2 Å². The molecule has 0 spiro atoms. The van der Waals surface area contributed by atoms with E-state index in [1.807, 2.05) is 0 Å². The lowest BCUT2D eigenvalue weighted by Crippen LogP contribution is -2.53. The standard InChI is InChI=1S/C12H20N2O5/c1-6(2)10(13-7(3)15)11(17)14-5-8(16)4-9(14)12(18)19/h6,8-10,16H,4-5H2,1-3H3,(H,13,15)(H,18,19)/t8-,9+,10?/m1/s1. The van der Waals surface area contributed by atoms with Crippen molar-refractivity contribution in [3.8, 4) is 0 Å². The molecule has 1 saturated heterocycles. The van der Waals surface area contributed by atoms with Crippen LogP contribution in [0.2, 0.25) is 0 Å². The maximum Gasteiger partial charge on any atom is 0.326 e. The highest BCUT2D eigenvalue weighted by atomic mass is 16.4. The molecule has 0 bridgehead atoms. The van der Waals surface area contributed by atoms with Crippen molar-refractivity contribution < 1.29 is 24.6 Å². The number of β-amino-alcohol motifs (C(OH)–C–C–N with tert-alkyl or cyclic N) is 1. The Bertz CT molecular complexity index is 382. The highest BCUT2D eigenvalue weighted by molar-refractivity contribution is 5.90. The van der Waals surface area contributed by atoms with Crippen molar-refractivity contribution in [3.05, 3.63) is 0 Å². The Morgan fingerprint density at radius 1 is 1.32 bits per heavy atom. The van der Waals surface area contributed by atoms with Gasteiger partial charge in [-0.25, -0.2) is 4.79 Å². The number of nitrogens with zero attached hydrogens (tertiary/aromatic N) is 1. The molecule has 2 amide bonds. The maximum absolute atomic E-state index is 12.3. The van der Waals surface area contributed by atoms with E-state index in [1.54, 1.807) is 13.8 Å². The Labute approximate surface area is 111 Å². The monoisotopic (exact) mass is 272 g/mol. The molecule has 7 nitrogen and oxygen atoms in total. The molecule has 0 aromatic rings. The SMILES string of the molecule is CC(=O)NC(C(=O)N1C[C@H](O)C[C@H]1C(=O)O)C(C)C. The molecule has 1 heterocycles. The van der Waals surface area contributed by atoms with Gasteiger partial charge >= 0.3 is 5.97 Å². The first kappa shape index (κ1) is 15.4. The second-order valence-corrected chi connectivity index (χ2v) is 5.16. The summed E-state index contributed by atoms with van der Waals surface area (Å²) in [6.07, 6.45) is -0.818. The van der Waals surface area contributed by atoms with Crippen molar-refractivity contribution in [2.75, 3.05) is 6.54 Å². The van der Waals surface area contributed by atoms with Gasteiger partial charge in [-0.3, -0.25) is 9.59 Å². The summed E-state index contributed by atoms with van der Waals surface area (Å²) in [5.41, 5.74) is 0. The number of nitrogens with one attached hydrogen (secondary N) is 1. The molecule has 0 aromatic heterocycles. The summed E-state index contributed by atoms with van der Waals surface area (Å²) in [6.45, 7) is 4.82. The quantitative estimate of drug-likeness (QED) is 0.620. The normalized spacial score (nSPS) is 24.4. The van der Waals surface area contributed by atoms with Gasteiger partial charge in [0.1, 0.15) is 12.1 Å². The Kier molecular flexibility index (Phi) is 4.88. The Hall–Kier alpha value is -1.63. The number of hydrogen-bond donors (Lipinski definition) is 3. The number of carbonyl (C=O) groups excluding carboxylic acids is 2. The molecule has 3 atom stereocenters. The van der Waals surface area contributed by atoms with Gasteiger partial charge in [0.2, 0.25) is 11.8 Å². The minimum atomic E-state index is -1.14. The molecule has 0 aliphatic carbocycles. The third-order valence-electron chi connectivity index (χ3n) is 3.14. The van der Waals surface area contributed by atoms with Gasteiger partial charge in [-0.05, 0) is 5.92 Å². The number of aliphatic hydroxyl groups excluding tert-OH is 1. The summed E-state index contributed by atoms with van der Waals surface area (Å²) >= 11 is 0. The first-order valence-corrected chi connectivity index (χ1v) is 6.22. The molecular weight excluding hydrogens is 252 g/mol. The summed E-state index contributed by atoms with van der Waals surface area (Å²) < 4.78 is 0. The van der Waals surface area contributed by atoms with E-state index in [-0.39, 0.29) is 24.8 Å². The molecule has 7 heteroatoms. The molecule has 0 radical (unpaired) electrons. The van der Waals surface area contributed by atoms with Crippen LogP contribution in [-0.2, 0) is 14.4 Å². The maximum atomic E-state index is 12.3. The molecule has 19 heavy (non-hydrogen) atoms. The molecular formula is C12H20N2O5. The van der Waals surface area contributed by atoms with E-state index >= 15 is 0 Å². The van der Waals surface area contributed by atoms with E-state index in [1.165, 1.54) is 6.92 Å². The van der Waals surface area contributed by atoms with E-state index in [9.17, 15) is 19.5 Å². The van der Waals surface area contributed by atoms with Gasteiger partial charge in [0.25, 0.3) is 0 Å². The van der Waals surface area contributed by atoms with Crippen LogP contribution in [0.5, 0.6) is 0 Å². The largest absolute Gasteiger partial charge is 0.480 e. The zero-order valence-electron chi connectivity index (χ0n) is 11.3. The molecule has 1 aliphatic heterocycles. The minimum absolute atomic E-state index is 0.0153. The van der Waals surface area contributed by atoms with Gasteiger partial charge in [0.05, 0.1) is 6.10 Å². The summed E-state index contributed by atoms with van der Waals surface area (Å²) in [6, 6.07) is -1.80. The van der Waals surface area contributed by atoms with Gasteiger partial charge in [-0.15, -0.1) is 0 Å². The highest BCUT2D eigenvalue weighted by Gasteiger charge is 2.41. The number of hydrogen-bond acceptors (Lipinski definition) is 4. The predicted molar refractivity (Wildman–Crippen MR) is 66.2 cm³/mol. The molecule has 1 fully saturated rings. The lowest BCUT2D eigenvalue weighted by atomic mass is 10.0. The van der Waals surface area contributed by atoms with Gasteiger partial charge in [-0.1, -0.05) is 13.8 Å². The van der Waals surface area contributed by atoms with Crippen LogP contribution < -0.4 is 5.32 Å². The lowest BCUT2D eigenvalue weighted by Gasteiger charge is -2.28. The number of likely N-dealkylation sites (tertiary alicyclic amines) is 1. The van der Waals surface area contributed by atoms with Crippen LogP contribution in [0, 0.1) is 5.92 Å². The fourth-order valence-corrected chi connectivity index (χ4v) is 2.20. The minimum Gasteiger partial charge on any atom is -0.480 e. The van der Waals surface area contributed by atoms with Crippen molar-refractivity contribution >= 4 is 17.8 Å². The predicted octanol–water partition coefficient (Wildman–Crippen LogP) is -0.806. The van der Waals surface area contributed by atoms with E-state index < -0.39 is 30.1 Å². The number of rotatable bonds is 4. The van der Waals surface area contributed by atoms with E-state index in [2.05, 4.69) is 5.32 Å².